The van der Waals surface area contributed by atoms with Crippen LogP contribution < -0.4 is 0 Å². The summed E-state index contributed by atoms with van der Waals surface area (Å²) in [7, 11) is -4.18. The zero-order chi connectivity index (χ0) is 13.9. The molecule has 0 radical (unpaired) electrons. The van der Waals surface area contributed by atoms with Crippen LogP contribution in [-0.4, -0.2) is 19.8 Å². The van der Waals surface area contributed by atoms with Gasteiger partial charge in [-0.2, -0.15) is 8.42 Å². The van der Waals surface area contributed by atoms with E-state index in [4.69, 9.17) is 4.79 Å². The van der Waals surface area contributed by atoms with E-state index < -0.39 is 10.1 Å². The van der Waals surface area contributed by atoms with Crippen LogP contribution in [-0.2, 0) is 14.9 Å². The summed E-state index contributed by atoms with van der Waals surface area (Å²) in [4.78, 5) is 8.02. The summed E-state index contributed by atoms with van der Waals surface area (Å²) in [6.07, 6.45) is 0. The third-order valence-electron chi connectivity index (χ3n) is 2.77. The van der Waals surface area contributed by atoms with Gasteiger partial charge in [0.05, 0.1) is 0 Å². The van der Waals surface area contributed by atoms with E-state index in [-0.39, 0.29) is 4.90 Å². The molecule has 2 aromatic rings. The molecule has 0 atom stereocenters. The lowest BCUT2D eigenvalue weighted by Crippen LogP contribution is -2.03. The normalized spacial score (nSPS) is 10.8. The van der Waals surface area contributed by atoms with Crippen LogP contribution >= 0.6 is 0 Å². The highest BCUT2D eigenvalue weighted by Crippen LogP contribution is 2.28. The second-order valence-corrected chi connectivity index (χ2v) is 5.20. The van der Waals surface area contributed by atoms with Gasteiger partial charge in [-0.15, -0.1) is 0 Å². The van der Waals surface area contributed by atoms with E-state index in [2.05, 4.69) is 0 Å². The second-order valence-electron chi connectivity index (χ2n) is 3.84. The number of carbonyl (C=O) groups excluding carboxylic acids is 1. The molecule has 2 rings (SSSR count). The fraction of sp³-hybridized carbons (Fsp3) is 0.154. The first-order chi connectivity index (χ1) is 8.41. The SMILES string of the molecule is C=O.Cc1cc2ccccc2c(S(=O)(=O)O)c1C. The lowest BCUT2D eigenvalue weighted by Gasteiger charge is -2.10. The molecule has 0 unspecified atom stereocenters. The predicted molar refractivity (Wildman–Crippen MR) is 70.4 cm³/mol. The van der Waals surface area contributed by atoms with Crippen LogP contribution in [0, 0.1) is 13.8 Å². The Bertz CT molecular complexity index is 675. The van der Waals surface area contributed by atoms with Crippen molar-refractivity contribution in [1.82, 2.24) is 0 Å². The Morgan fingerprint density at radius 1 is 1.11 bits per heavy atom. The standard InChI is InChI=1S/C12H12O3S.CH2O/c1-8-7-10-5-3-4-6-11(10)12(9(8)2)16(13,14)15;1-2/h3-7H,1-2H3,(H,13,14,15);1H2. The Kier molecular flexibility index (Phi) is 4.21. The third kappa shape index (κ3) is 2.57. The first-order valence-corrected chi connectivity index (χ1v) is 6.60. The van der Waals surface area contributed by atoms with Gasteiger partial charge in [0.1, 0.15) is 11.7 Å². The molecule has 0 spiro atoms. The number of hydrogen-bond donors (Lipinski definition) is 1. The Morgan fingerprint density at radius 3 is 2.22 bits per heavy atom. The minimum Gasteiger partial charge on any atom is -0.307 e. The average Bonchev–Trinajstić information content (AvgIpc) is 2.31. The van der Waals surface area contributed by atoms with Gasteiger partial charge in [-0.05, 0) is 30.4 Å². The van der Waals surface area contributed by atoms with Crippen LogP contribution in [0.1, 0.15) is 11.1 Å². The number of rotatable bonds is 1. The van der Waals surface area contributed by atoms with Gasteiger partial charge in [-0.25, -0.2) is 0 Å². The van der Waals surface area contributed by atoms with Crippen molar-refractivity contribution >= 4 is 27.7 Å². The van der Waals surface area contributed by atoms with Gasteiger partial charge in [-0.3, -0.25) is 4.55 Å². The van der Waals surface area contributed by atoms with Crippen molar-refractivity contribution in [3.05, 3.63) is 41.5 Å². The summed E-state index contributed by atoms with van der Waals surface area (Å²) in [5, 5.41) is 1.38. The van der Waals surface area contributed by atoms with Crippen LogP contribution in [0.15, 0.2) is 35.2 Å². The summed E-state index contributed by atoms with van der Waals surface area (Å²) in [6.45, 7) is 5.53. The van der Waals surface area contributed by atoms with Crippen molar-refractivity contribution in [2.24, 2.45) is 0 Å². The zero-order valence-electron chi connectivity index (χ0n) is 10.2. The molecule has 0 bridgehead atoms. The van der Waals surface area contributed by atoms with Gasteiger partial charge >= 0.3 is 0 Å². The van der Waals surface area contributed by atoms with Crippen molar-refractivity contribution in [1.29, 1.82) is 0 Å². The number of hydrogen-bond acceptors (Lipinski definition) is 3. The zero-order valence-corrected chi connectivity index (χ0v) is 11.0. The molecule has 4 nitrogen and oxygen atoms in total. The van der Waals surface area contributed by atoms with Crippen molar-refractivity contribution in [3.63, 3.8) is 0 Å². The van der Waals surface area contributed by atoms with Gasteiger partial charge in [0.25, 0.3) is 10.1 Å². The van der Waals surface area contributed by atoms with E-state index in [1.165, 1.54) is 0 Å². The minimum atomic E-state index is -4.18. The highest BCUT2D eigenvalue weighted by Gasteiger charge is 2.18. The Labute approximate surface area is 106 Å². The van der Waals surface area contributed by atoms with Gasteiger partial charge in [0.2, 0.25) is 0 Å². The van der Waals surface area contributed by atoms with Crippen molar-refractivity contribution in [3.8, 4) is 0 Å². The van der Waals surface area contributed by atoms with Gasteiger partial charge in [0.15, 0.2) is 0 Å². The van der Waals surface area contributed by atoms with E-state index in [1.54, 1.807) is 19.1 Å². The molecule has 0 aliphatic heterocycles. The summed E-state index contributed by atoms with van der Waals surface area (Å²) in [5.74, 6) is 0. The summed E-state index contributed by atoms with van der Waals surface area (Å²) in [6, 6.07) is 9.04. The fourth-order valence-corrected chi connectivity index (χ4v) is 2.90. The molecular formula is C13H14O4S. The molecule has 0 aliphatic rings. The molecule has 0 fully saturated rings. The van der Waals surface area contributed by atoms with E-state index in [9.17, 15) is 13.0 Å². The molecule has 2 aromatic carbocycles. The summed E-state index contributed by atoms with van der Waals surface area (Å²) >= 11 is 0. The molecule has 0 saturated heterocycles. The quantitative estimate of drug-likeness (QED) is 0.805. The first-order valence-electron chi connectivity index (χ1n) is 5.16. The summed E-state index contributed by atoms with van der Waals surface area (Å²) < 4.78 is 32.0. The van der Waals surface area contributed by atoms with Gasteiger partial charge in [-0.1, -0.05) is 30.3 Å². The number of benzene rings is 2. The molecule has 0 aliphatic carbocycles. The van der Waals surface area contributed by atoms with E-state index in [1.807, 2.05) is 31.9 Å². The van der Waals surface area contributed by atoms with Gasteiger partial charge < -0.3 is 4.79 Å². The van der Waals surface area contributed by atoms with Crippen LogP contribution in [0.2, 0.25) is 0 Å². The lowest BCUT2D eigenvalue weighted by molar-refractivity contribution is -0.0979. The molecule has 96 valence electrons. The predicted octanol–water partition coefficient (Wildman–Crippen LogP) is 2.52. The largest absolute Gasteiger partial charge is 0.307 e. The van der Waals surface area contributed by atoms with E-state index in [0.717, 1.165) is 10.9 Å². The molecule has 1 N–H and O–H groups in total. The highest BCUT2D eigenvalue weighted by atomic mass is 32.2. The topological polar surface area (TPSA) is 71.4 Å². The molecule has 0 aromatic heterocycles. The fourth-order valence-electron chi connectivity index (χ4n) is 1.88. The Hall–Kier alpha value is -1.72. The van der Waals surface area contributed by atoms with Crippen LogP contribution in [0.5, 0.6) is 0 Å². The summed E-state index contributed by atoms with van der Waals surface area (Å²) in [5.41, 5.74) is 1.45. The maximum absolute atomic E-state index is 11.4. The van der Waals surface area contributed by atoms with Crippen LogP contribution in [0.3, 0.4) is 0 Å². The molecule has 5 heteroatoms. The minimum absolute atomic E-state index is 0.0168. The van der Waals surface area contributed by atoms with Crippen LogP contribution in [0.25, 0.3) is 10.8 Å². The lowest BCUT2D eigenvalue weighted by atomic mass is 10.0. The second kappa shape index (κ2) is 5.29. The Balaban J connectivity index is 0.000000771. The molecule has 0 heterocycles. The number of aryl methyl sites for hydroxylation is 1. The molecule has 0 saturated carbocycles. The number of fused-ring (bicyclic) bond motifs is 1. The smallest absolute Gasteiger partial charge is 0.295 e. The van der Waals surface area contributed by atoms with Crippen molar-refractivity contribution in [2.75, 3.05) is 0 Å². The first kappa shape index (κ1) is 14.3. The van der Waals surface area contributed by atoms with Crippen molar-refractivity contribution < 1.29 is 17.8 Å². The number of carbonyl (C=O) groups is 1. The third-order valence-corrected chi connectivity index (χ3v) is 3.81. The van der Waals surface area contributed by atoms with Crippen LogP contribution in [0.4, 0.5) is 0 Å². The van der Waals surface area contributed by atoms with E-state index in [0.29, 0.717) is 10.9 Å². The monoisotopic (exact) mass is 266 g/mol. The van der Waals surface area contributed by atoms with Crippen molar-refractivity contribution in [2.45, 2.75) is 18.7 Å². The average molecular weight is 266 g/mol. The molecular weight excluding hydrogens is 252 g/mol. The molecule has 0 amide bonds. The Morgan fingerprint density at radius 2 is 1.67 bits per heavy atom. The highest BCUT2D eigenvalue weighted by molar-refractivity contribution is 7.86. The molecule has 18 heavy (non-hydrogen) atoms. The maximum atomic E-state index is 11.4. The van der Waals surface area contributed by atoms with Gasteiger partial charge in [0, 0.05) is 5.39 Å². The van der Waals surface area contributed by atoms with E-state index >= 15 is 0 Å². The maximum Gasteiger partial charge on any atom is 0.295 e.